The average molecular weight is 393 g/mol. The SMILES string of the molecule is CCC(C)NC(=O)Cn1c(=O)n(-c2ccc(C(C)C)cc2)c(=O)c2ccccc21. The Morgan fingerprint density at radius 2 is 1.66 bits per heavy atom. The second-order valence-electron chi connectivity index (χ2n) is 7.65. The minimum Gasteiger partial charge on any atom is -0.352 e. The van der Waals surface area contributed by atoms with Crippen LogP contribution in [0.4, 0.5) is 0 Å². The van der Waals surface area contributed by atoms with Gasteiger partial charge in [-0.25, -0.2) is 9.36 Å². The van der Waals surface area contributed by atoms with Gasteiger partial charge in [0.05, 0.1) is 16.6 Å². The molecule has 0 saturated carbocycles. The highest BCUT2D eigenvalue weighted by Gasteiger charge is 2.17. The second-order valence-corrected chi connectivity index (χ2v) is 7.65. The van der Waals surface area contributed by atoms with Crippen LogP contribution in [-0.2, 0) is 11.3 Å². The van der Waals surface area contributed by atoms with Crippen molar-refractivity contribution in [2.45, 2.75) is 52.6 Å². The molecule has 2 aromatic carbocycles. The van der Waals surface area contributed by atoms with Crippen LogP contribution in [0, 0.1) is 0 Å². The molecule has 1 N–H and O–H groups in total. The lowest BCUT2D eigenvalue weighted by Gasteiger charge is -2.16. The first kappa shape index (κ1) is 20.6. The molecular formula is C23H27N3O3. The molecule has 0 aliphatic rings. The first-order valence-electron chi connectivity index (χ1n) is 9.97. The van der Waals surface area contributed by atoms with Crippen LogP contribution in [0.3, 0.4) is 0 Å². The predicted octanol–water partition coefficient (Wildman–Crippen LogP) is 3.19. The molecule has 0 saturated heterocycles. The molecule has 1 amide bonds. The van der Waals surface area contributed by atoms with E-state index in [0.29, 0.717) is 22.5 Å². The van der Waals surface area contributed by atoms with Crippen molar-refractivity contribution in [1.29, 1.82) is 0 Å². The van der Waals surface area contributed by atoms with E-state index in [1.165, 1.54) is 4.57 Å². The zero-order valence-corrected chi connectivity index (χ0v) is 17.3. The van der Waals surface area contributed by atoms with Crippen molar-refractivity contribution in [2.24, 2.45) is 0 Å². The van der Waals surface area contributed by atoms with Crippen LogP contribution in [0.2, 0.25) is 0 Å². The Bertz CT molecular complexity index is 1140. The quantitative estimate of drug-likeness (QED) is 0.699. The van der Waals surface area contributed by atoms with E-state index in [4.69, 9.17) is 0 Å². The fraction of sp³-hybridized carbons (Fsp3) is 0.348. The molecule has 1 heterocycles. The van der Waals surface area contributed by atoms with E-state index < -0.39 is 5.69 Å². The molecule has 1 atom stereocenters. The third-order valence-corrected chi connectivity index (χ3v) is 5.19. The number of amides is 1. The summed E-state index contributed by atoms with van der Waals surface area (Å²) >= 11 is 0. The minimum atomic E-state index is -0.523. The first-order chi connectivity index (χ1) is 13.8. The van der Waals surface area contributed by atoms with E-state index in [1.807, 2.05) is 26.0 Å². The van der Waals surface area contributed by atoms with Crippen molar-refractivity contribution in [3.63, 3.8) is 0 Å². The number of hydrogen-bond donors (Lipinski definition) is 1. The summed E-state index contributed by atoms with van der Waals surface area (Å²) in [5.74, 6) is 0.0882. The van der Waals surface area contributed by atoms with Gasteiger partial charge in [0.2, 0.25) is 5.91 Å². The molecule has 3 aromatic rings. The normalized spacial score (nSPS) is 12.3. The lowest BCUT2D eigenvalue weighted by Crippen LogP contribution is -2.43. The fourth-order valence-electron chi connectivity index (χ4n) is 3.28. The molecule has 0 aliphatic heterocycles. The fourth-order valence-corrected chi connectivity index (χ4v) is 3.28. The standard InChI is InChI=1S/C23H27N3O3/c1-5-16(4)24-21(27)14-25-20-9-7-6-8-19(20)22(28)26(23(25)29)18-12-10-17(11-13-18)15(2)3/h6-13,15-16H,5,14H2,1-4H3,(H,24,27). The number of carbonyl (C=O) groups is 1. The van der Waals surface area contributed by atoms with E-state index in [0.717, 1.165) is 16.6 Å². The number of carbonyl (C=O) groups excluding carboxylic acids is 1. The maximum Gasteiger partial charge on any atom is 0.336 e. The number of hydrogen-bond acceptors (Lipinski definition) is 3. The van der Waals surface area contributed by atoms with Crippen molar-refractivity contribution >= 4 is 16.8 Å². The Morgan fingerprint density at radius 3 is 2.28 bits per heavy atom. The summed E-state index contributed by atoms with van der Waals surface area (Å²) in [4.78, 5) is 38.8. The number of para-hydroxylation sites is 1. The molecule has 0 spiro atoms. The van der Waals surface area contributed by atoms with Crippen molar-refractivity contribution in [3.05, 3.63) is 74.9 Å². The largest absolute Gasteiger partial charge is 0.352 e. The smallest absolute Gasteiger partial charge is 0.336 e. The number of nitrogens with zero attached hydrogens (tertiary/aromatic N) is 2. The predicted molar refractivity (Wildman–Crippen MR) is 116 cm³/mol. The van der Waals surface area contributed by atoms with Gasteiger partial charge in [0.15, 0.2) is 0 Å². The zero-order valence-electron chi connectivity index (χ0n) is 17.3. The molecule has 3 rings (SSSR count). The molecule has 1 unspecified atom stereocenters. The molecule has 0 radical (unpaired) electrons. The highest BCUT2D eigenvalue weighted by Crippen LogP contribution is 2.16. The van der Waals surface area contributed by atoms with Crippen LogP contribution in [0.25, 0.3) is 16.6 Å². The Morgan fingerprint density at radius 1 is 1.00 bits per heavy atom. The van der Waals surface area contributed by atoms with E-state index >= 15 is 0 Å². The van der Waals surface area contributed by atoms with Crippen molar-refractivity contribution in [3.8, 4) is 5.69 Å². The maximum atomic E-state index is 13.3. The molecule has 0 fully saturated rings. The third kappa shape index (κ3) is 4.16. The molecule has 0 bridgehead atoms. The van der Waals surface area contributed by atoms with Gasteiger partial charge in [-0.3, -0.25) is 14.2 Å². The molecule has 6 nitrogen and oxygen atoms in total. The van der Waals surface area contributed by atoms with E-state index in [2.05, 4.69) is 19.2 Å². The van der Waals surface area contributed by atoms with Gasteiger partial charge in [0.25, 0.3) is 5.56 Å². The summed E-state index contributed by atoms with van der Waals surface area (Å²) < 4.78 is 2.51. The number of nitrogens with one attached hydrogen (secondary N) is 1. The zero-order chi connectivity index (χ0) is 21.1. The summed E-state index contributed by atoms with van der Waals surface area (Å²) in [6.45, 7) is 7.91. The molecular weight excluding hydrogens is 366 g/mol. The number of aromatic nitrogens is 2. The number of fused-ring (bicyclic) bond motifs is 1. The Hall–Kier alpha value is -3.15. The summed E-state index contributed by atoms with van der Waals surface area (Å²) in [7, 11) is 0. The van der Waals surface area contributed by atoms with Crippen LogP contribution in [0.15, 0.2) is 58.1 Å². The summed E-state index contributed by atoms with van der Waals surface area (Å²) in [6.07, 6.45) is 0.795. The summed E-state index contributed by atoms with van der Waals surface area (Å²) in [5.41, 5.74) is 1.16. The van der Waals surface area contributed by atoms with Crippen molar-refractivity contribution < 1.29 is 4.79 Å². The summed E-state index contributed by atoms with van der Waals surface area (Å²) in [5, 5.41) is 3.28. The molecule has 152 valence electrons. The van der Waals surface area contributed by atoms with Gasteiger partial charge in [0.1, 0.15) is 6.54 Å². The average Bonchev–Trinajstić information content (AvgIpc) is 2.71. The van der Waals surface area contributed by atoms with Crippen LogP contribution in [-0.4, -0.2) is 21.1 Å². The lowest BCUT2D eigenvalue weighted by molar-refractivity contribution is -0.122. The van der Waals surface area contributed by atoms with E-state index in [9.17, 15) is 14.4 Å². The highest BCUT2D eigenvalue weighted by atomic mass is 16.2. The lowest BCUT2D eigenvalue weighted by atomic mass is 10.0. The Balaban J connectivity index is 2.17. The summed E-state index contributed by atoms with van der Waals surface area (Å²) in [6, 6.07) is 14.3. The van der Waals surface area contributed by atoms with Crippen LogP contribution in [0.5, 0.6) is 0 Å². The minimum absolute atomic E-state index is 0.0129. The monoisotopic (exact) mass is 393 g/mol. The van der Waals surface area contributed by atoms with Crippen LogP contribution in [0.1, 0.15) is 45.6 Å². The van der Waals surface area contributed by atoms with Gasteiger partial charge in [-0.05, 0) is 49.1 Å². The van der Waals surface area contributed by atoms with Crippen LogP contribution < -0.4 is 16.6 Å². The number of rotatable bonds is 6. The maximum absolute atomic E-state index is 13.3. The van der Waals surface area contributed by atoms with Gasteiger partial charge >= 0.3 is 5.69 Å². The number of benzene rings is 2. The van der Waals surface area contributed by atoms with Gasteiger partial charge < -0.3 is 5.32 Å². The topological polar surface area (TPSA) is 73.1 Å². The first-order valence-corrected chi connectivity index (χ1v) is 9.97. The van der Waals surface area contributed by atoms with E-state index in [-0.39, 0.29) is 24.1 Å². The van der Waals surface area contributed by atoms with Crippen molar-refractivity contribution in [2.75, 3.05) is 0 Å². The van der Waals surface area contributed by atoms with Gasteiger partial charge in [-0.15, -0.1) is 0 Å². The van der Waals surface area contributed by atoms with Crippen LogP contribution >= 0.6 is 0 Å². The molecule has 6 heteroatoms. The Labute approximate surface area is 169 Å². The third-order valence-electron chi connectivity index (χ3n) is 5.19. The van der Waals surface area contributed by atoms with E-state index in [1.54, 1.807) is 36.4 Å². The molecule has 0 aliphatic carbocycles. The van der Waals surface area contributed by atoms with Gasteiger partial charge in [0, 0.05) is 6.04 Å². The highest BCUT2D eigenvalue weighted by molar-refractivity contribution is 5.82. The van der Waals surface area contributed by atoms with Crippen molar-refractivity contribution in [1.82, 2.24) is 14.5 Å². The van der Waals surface area contributed by atoms with Gasteiger partial charge in [-0.1, -0.05) is 45.0 Å². The Kier molecular flexibility index (Phi) is 6.01. The second kappa shape index (κ2) is 8.47. The van der Waals surface area contributed by atoms with Gasteiger partial charge in [-0.2, -0.15) is 0 Å². The molecule has 1 aromatic heterocycles. The molecule has 29 heavy (non-hydrogen) atoms.